The van der Waals surface area contributed by atoms with Crippen LogP contribution in [0.1, 0.15) is 44.1 Å². The van der Waals surface area contributed by atoms with Crippen molar-refractivity contribution in [3.63, 3.8) is 0 Å². The third-order valence-electron chi connectivity index (χ3n) is 6.19. The van der Waals surface area contributed by atoms with E-state index in [0.717, 1.165) is 55.1 Å². The van der Waals surface area contributed by atoms with Crippen molar-refractivity contribution in [1.82, 2.24) is 14.8 Å². The van der Waals surface area contributed by atoms with Gasteiger partial charge in [-0.25, -0.2) is 0 Å². The maximum atomic E-state index is 13.5. The quantitative estimate of drug-likeness (QED) is 0.512. The molecule has 5 nitrogen and oxygen atoms in total. The van der Waals surface area contributed by atoms with Crippen LogP contribution in [0.15, 0.2) is 60.7 Å². The molecule has 156 valence electrons. The molecule has 0 atom stereocenters. The summed E-state index contributed by atoms with van der Waals surface area (Å²) in [5.74, 6) is 0.0184. The Kier molecular flexibility index (Phi) is 5.12. The number of pyridine rings is 1. The van der Waals surface area contributed by atoms with Crippen LogP contribution >= 0.6 is 0 Å². The van der Waals surface area contributed by atoms with Crippen molar-refractivity contribution in [3.05, 3.63) is 88.7 Å². The molecule has 2 heterocycles. The number of carbonyl (C=O) groups is 2. The number of benzene rings is 2. The molecule has 0 N–H and O–H groups in total. The summed E-state index contributed by atoms with van der Waals surface area (Å²) in [5.41, 5.74) is 5.70. The molecule has 1 aliphatic heterocycles. The second-order valence-electron chi connectivity index (χ2n) is 8.30. The first-order valence-corrected chi connectivity index (χ1v) is 10.8. The maximum absolute atomic E-state index is 13.5. The Morgan fingerprint density at radius 3 is 2.48 bits per heavy atom. The molecule has 5 rings (SSSR count). The minimum atomic E-state index is 0.00736. The summed E-state index contributed by atoms with van der Waals surface area (Å²) in [5, 5.41) is 0. The van der Waals surface area contributed by atoms with E-state index < -0.39 is 0 Å². The van der Waals surface area contributed by atoms with E-state index in [1.807, 2.05) is 66.4 Å². The van der Waals surface area contributed by atoms with Crippen LogP contribution in [-0.4, -0.2) is 52.7 Å². The number of nitrogens with zero attached hydrogens (tertiary/aromatic N) is 3. The Hall–Kier alpha value is -3.31. The van der Waals surface area contributed by atoms with Crippen molar-refractivity contribution in [2.45, 2.75) is 19.9 Å². The predicted molar refractivity (Wildman–Crippen MR) is 120 cm³/mol. The van der Waals surface area contributed by atoms with Crippen molar-refractivity contribution < 1.29 is 9.59 Å². The molecule has 1 aliphatic carbocycles. The Morgan fingerprint density at radius 2 is 1.65 bits per heavy atom. The Morgan fingerprint density at radius 1 is 0.871 bits per heavy atom. The number of hydrogen-bond acceptors (Lipinski definition) is 4. The van der Waals surface area contributed by atoms with Crippen LogP contribution < -0.4 is 0 Å². The van der Waals surface area contributed by atoms with Crippen LogP contribution in [0.4, 0.5) is 0 Å². The second kappa shape index (κ2) is 8.08. The van der Waals surface area contributed by atoms with E-state index in [1.54, 1.807) is 0 Å². The van der Waals surface area contributed by atoms with Crippen LogP contribution in [0, 0.1) is 6.92 Å². The smallest absolute Gasteiger partial charge is 0.254 e. The Labute approximate surface area is 182 Å². The largest absolute Gasteiger partial charge is 0.337 e. The highest BCUT2D eigenvalue weighted by Gasteiger charge is 2.31. The number of rotatable bonds is 3. The van der Waals surface area contributed by atoms with Gasteiger partial charge in [0.1, 0.15) is 0 Å². The first-order chi connectivity index (χ1) is 15.1. The lowest BCUT2D eigenvalue weighted by molar-refractivity contribution is 0.0762. The van der Waals surface area contributed by atoms with Gasteiger partial charge in [0.05, 0.1) is 5.69 Å². The lowest BCUT2D eigenvalue weighted by Crippen LogP contribution is -2.35. The number of aryl methyl sites for hydroxylation is 1. The molecule has 2 aliphatic rings. The van der Waals surface area contributed by atoms with Gasteiger partial charge in [-0.15, -0.1) is 0 Å². The third kappa shape index (κ3) is 3.66. The lowest BCUT2D eigenvalue weighted by atomic mass is 9.98. The number of amides is 1. The third-order valence-corrected chi connectivity index (χ3v) is 6.19. The van der Waals surface area contributed by atoms with Crippen molar-refractivity contribution in [1.29, 1.82) is 0 Å². The molecule has 0 saturated carbocycles. The standard InChI is InChI=1S/C26H25N3O2/c1-18-7-4-8-19(27-18)17-28-13-6-14-29(16-15-28)26(31)23-12-5-11-22-24(23)20-9-2-3-10-21(20)25(22)30/h2-5,7-12H,6,13-17H2,1H3. The number of hydrogen-bond donors (Lipinski definition) is 0. The van der Waals surface area contributed by atoms with Crippen molar-refractivity contribution >= 4 is 11.7 Å². The van der Waals surface area contributed by atoms with Gasteiger partial charge in [-0.3, -0.25) is 19.5 Å². The van der Waals surface area contributed by atoms with Crippen molar-refractivity contribution in [2.75, 3.05) is 26.2 Å². The summed E-state index contributed by atoms with van der Waals surface area (Å²) in [4.78, 5) is 35.2. The lowest BCUT2D eigenvalue weighted by Gasteiger charge is -2.23. The maximum Gasteiger partial charge on any atom is 0.254 e. The van der Waals surface area contributed by atoms with Crippen LogP contribution in [0.5, 0.6) is 0 Å². The first kappa shape index (κ1) is 19.6. The highest BCUT2D eigenvalue weighted by Crippen LogP contribution is 2.39. The van der Waals surface area contributed by atoms with E-state index in [0.29, 0.717) is 23.2 Å². The molecule has 0 radical (unpaired) electrons. The summed E-state index contributed by atoms with van der Waals surface area (Å²) >= 11 is 0. The summed E-state index contributed by atoms with van der Waals surface area (Å²) < 4.78 is 0. The van der Waals surface area contributed by atoms with Crippen LogP contribution in [0.3, 0.4) is 0 Å². The summed E-state index contributed by atoms with van der Waals surface area (Å²) in [6.07, 6.45) is 0.919. The summed E-state index contributed by atoms with van der Waals surface area (Å²) in [6.45, 7) is 5.94. The average Bonchev–Trinajstić information content (AvgIpc) is 2.92. The molecule has 1 aromatic heterocycles. The highest BCUT2D eigenvalue weighted by atomic mass is 16.2. The Balaban J connectivity index is 1.36. The van der Waals surface area contributed by atoms with Gasteiger partial charge in [0.2, 0.25) is 0 Å². The van der Waals surface area contributed by atoms with Gasteiger partial charge in [-0.2, -0.15) is 0 Å². The van der Waals surface area contributed by atoms with Gasteiger partial charge < -0.3 is 4.90 Å². The fourth-order valence-corrected chi connectivity index (χ4v) is 4.67. The Bertz CT molecular complexity index is 1170. The number of fused-ring (bicyclic) bond motifs is 3. The predicted octanol–water partition coefficient (Wildman–Crippen LogP) is 3.95. The number of aromatic nitrogens is 1. The van der Waals surface area contributed by atoms with Crippen molar-refractivity contribution in [3.8, 4) is 11.1 Å². The minimum absolute atomic E-state index is 0.00736. The molecule has 2 aromatic carbocycles. The molecule has 1 fully saturated rings. The summed E-state index contributed by atoms with van der Waals surface area (Å²) in [6, 6.07) is 19.2. The molecule has 0 bridgehead atoms. The second-order valence-corrected chi connectivity index (χ2v) is 8.30. The zero-order valence-electron chi connectivity index (χ0n) is 17.7. The minimum Gasteiger partial charge on any atom is -0.337 e. The molecule has 0 unspecified atom stereocenters. The van der Waals surface area contributed by atoms with Gasteiger partial charge in [0, 0.05) is 60.7 Å². The first-order valence-electron chi connectivity index (χ1n) is 10.8. The van der Waals surface area contributed by atoms with E-state index in [1.165, 1.54) is 0 Å². The van der Waals surface area contributed by atoms with Gasteiger partial charge in [-0.1, -0.05) is 42.5 Å². The van der Waals surface area contributed by atoms with E-state index >= 15 is 0 Å². The molecule has 31 heavy (non-hydrogen) atoms. The fourth-order valence-electron chi connectivity index (χ4n) is 4.67. The van der Waals surface area contributed by atoms with Crippen molar-refractivity contribution in [2.24, 2.45) is 0 Å². The van der Waals surface area contributed by atoms with E-state index in [-0.39, 0.29) is 11.7 Å². The topological polar surface area (TPSA) is 53.5 Å². The zero-order chi connectivity index (χ0) is 21.4. The van der Waals surface area contributed by atoms with Crippen LogP contribution in [-0.2, 0) is 6.54 Å². The van der Waals surface area contributed by atoms with Crippen LogP contribution in [0.2, 0.25) is 0 Å². The SMILES string of the molecule is Cc1cccc(CN2CCCN(C(=O)c3cccc4c3-c3ccccc3C4=O)CC2)n1. The van der Waals surface area contributed by atoms with Gasteiger partial charge in [-0.05, 0) is 37.1 Å². The number of ketones is 1. The number of carbonyl (C=O) groups excluding carboxylic acids is 2. The van der Waals surface area contributed by atoms with Crippen LogP contribution in [0.25, 0.3) is 11.1 Å². The van der Waals surface area contributed by atoms with E-state index in [9.17, 15) is 9.59 Å². The van der Waals surface area contributed by atoms with E-state index in [2.05, 4.69) is 16.0 Å². The molecule has 1 amide bonds. The fraction of sp³-hybridized carbons (Fsp3) is 0.269. The van der Waals surface area contributed by atoms with Gasteiger partial charge in [0.15, 0.2) is 5.78 Å². The van der Waals surface area contributed by atoms with E-state index in [4.69, 9.17) is 0 Å². The van der Waals surface area contributed by atoms with Gasteiger partial charge in [0.25, 0.3) is 5.91 Å². The normalized spacial score (nSPS) is 16.0. The average molecular weight is 412 g/mol. The molecular formula is C26H25N3O2. The summed E-state index contributed by atoms with van der Waals surface area (Å²) in [7, 11) is 0. The molecule has 0 spiro atoms. The highest BCUT2D eigenvalue weighted by molar-refractivity contribution is 6.24. The molecule has 1 saturated heterocycles. The molecule has 3 aromatic rings. The molecular weight excluding hydrogens is 386 g/mol. The molecule has 5 heteroatoms. The zero-order valence-corrected chi connectivity index (χ0v) is 17.7. The van der Waals surface area contributed by atoms with Gasteiger partial charge >= 0.3 is 0 Å². The monoisotopic (exact) mass is 411 g/mol.